The molecule has 7 nitrogen and oxygen atoms in total. The average Bonchev–Trinajstić information content (AvgIpc) is 3.05. The molecule has 2 rings (SSSR count). The van der Waals surface area contributed by atoms with Gasteiger partial charge >= 0.3 is 0 Å². The van der Waals surface area contributed by atoms with E-state index in [1.54, 1.807) is 26.3 Å². The van der Waals surface area contributed by atoms with Crippen LogP contribution in [0.1, 0.15) is 12.0 Å². The fourth-order valence-corrected chi connectivity index (χ4v) is 3.54. The molecule has 1 atom stereocenters. The largest absolute Gasteiger partial charge is 0.384 e. The number of sulfonamides is 1. The van der Waals surface area contributed by atoms with Crippen LogP contribution in [0.4, 0.5) is 0 Å². The molecule has 1 aliphatic heterocycles. The smallest absolute Gasteiger partial charge is 0.240 e. The third kappa shape index (κ3) is 4.68. The van der Waals surface area contributed by atoms with E-state index in [-0.39, 0.29) is 4.90 Å². The van der Waals surface area contributed by atoms with Gasteiger partial charge in [0.2, 0.25) is 10.0 Å². The highest BCUT2D eigenvalue weighted by Gasteiger charge is 2.24. The highest BCUT2D eigenvalue weighted by Crippen LogP contribution is 2.16. The molecule has 0 saturated carbocycles. The number of hydrogen-bond donors (Lipinski definition) is 2. The van der Waals surface area contributed by atoms with Crippen molar-refractivity contribution >= 4 is 16.0 Å². The van der Waals surface area contributed by atoms with Gasteiger partial charge in [-0.2, -0.15) is 0 Å². The van der Waals surface area contributed by atoms with Gasteiger partial charge in [-0.15, -0.1) is 0 Å². The fraction of sp³-hybridized carbons (Fsp3) is 0.562. The summed E-state index contributed by atoms with van der Waals surface area (Å²) >= 11 is 0. The SMILES string of the molecule is CN=C(NCc1ccc(S(=O)(=O)NC)cc1)N1CCC(COC)C1. The van der Waals surface area contributed by atoms with Crippen molar-refractivity contribution in [2.24, 2.45) is 10.9 Å². The van der Waals surface area contributed by atoms with Crippen LogP contribution < -0.4 is 10.0 Å². The van der Waals surface area contributed by atoms with Crippen LogP contribution in [0.2, 0.25) is 0 Å². The van der Waals surface area contributed by atoms with E-state index in [2.05, 4.69) is 19.9 Å². The van der Waals surface area contributed by atoms with Gasteiger partial charge in [-0.1, -0.05) is 12.1 Å². The van der Waals surface area contributed by atoms with Gasteiger partial charge in [0.05, 0.1) is 11.5 Å². The molecule has 8 heteroatoms. The summed E-state index contributed by atoms with van der Waals surface area (Å²) in [6.07, 6.45) is 1.10. The Morgan fingerprint density at radius 3 is 2.67 bits per heavy atom. The van der Waals surface area contributed by atoms with Crippen molar-refractivity contribution in [3.05, 3.63) is 29.8 Å². The van der Waals surface area contributed by atoms with Gasteiger partial charge in [0.15, 0.2) is 5.96 Å². The molecule has 24 heavy (non-hydrogen) atoms. The Balaban J connectivity index is 1.92. The number of likely N-dealkylation sites (tertiary alicyclic amines) is 1. The third-order valence-corrected chi connectivity index (χ3v) is 5.58. The van der Waals surface area contributed by atoms with E-state index in [0.717, 1.165) is 37.6 Å². The number of aliphatic imine (C=N–C) groups is 1. The molecular formula is C16H26N4O3S. The summed E-state index contributed by atoms with van der Waals surface area (Å²) in [7, 11) is 1.52. The number of nitrogens with one attached hydrogen (secondary N) is 2. The van der Waals surface area contributed by atoms with Crippen molar-refractivity contribution in [2.75, 3.05) is 40.9 Å². The van der Waals surface area contributed by atoms with E-state index >= 15 is 0 Å². The Hall–Kier alpha value is -1.64. The maximum atomic E-state index is 11.7. The molecule has 0 aromatic heterocycles. The number of hydrogen-bond acceptors (Lipinski definition) is 4. The second kappa shape index (κ2) is 8.46. The predicted octanol–water partition coefficient (Wildman–Crippen LogP) is 0.638. The van der Waals surface area contributed by atoms with E-state index in [0.29, 0.717) is 12.5 Å². The number of methoxy groups -OCH3 is 1. The Bertz CT molecular complexity index is 658. The summed E-state index contributed by atoms with van der Waals surface area (Å²) < 4.78 is 31.0. The predicted molar refractivity (Wildman–Crippen MR) is 94.4 cm³/mol. The Morgan fingerprint density at radius 1 is 1.38 bits per heavy atom. The quantitative estimate of drug-likeness (QED) is 0.579. The number of nitrogens with zero attached hydrogens (tertiary/aromatic N) is 2. The number of benzene rings is 1. The van der Waals surface area contributed by atoms with Crippen LogP contribution >= 0.6 is 0 Å². The van der Waals surface area contributed by atoms with Crippen LogP contribution in [0.3, 0.4) is 0 Å². The van der Waals surface area contributed by atoms with E-state index in [4.69, 9.17) is 4.74 Å². The van der Waals surface area contributed by atoms with Crippen LogP contribution in [0, 0.1) is 5.92 Å². The molecule has 134 valence electrons. The Morgan fingerprint density at radius 2 is 2.08 bits per heavy atom. The Kier molecular flexibility index (Phi) is 6.59. The van der Waals surface area contributed by atoms with Crippen LogP contribution in [0.5, 0.6) is 0 Å². The molecule has 1 aliphatic rings. The molecule has 1 aromatic carbocycles. The lowest BCUT2D eigenvalue weighted by Gasteiger charge is -2.21. The molecule has 0 aliphatic carbocycles. The van der Waals surface area contributed by atoms with Gasteiger partial charge in [0.25, 0.3) is 0 Å². The first-order valence-electron chi connectivity index (χ1n) is 7.97. The topological polar surface area (TPSA) is 83.0 Å². The minimum Gasteiger partial charge on any atom is -0.384 e. The third-order valence-electron chi connectivity index (χ3n) is 4.15. The lowest BCUT2D eigenvalue weighted by molar-refractivity contribution is 0.157. The normalized spacial score (nSPS) is 18.9. The molecule has 2 N–H and O–H groups in total. The average molecular weight is 354 g/mol. The van der Waals surface area contributed by atoms with Crippen molar-refractivity contribution < 1.29 is 13.2 Å². The molecule has 0 bridgehead atoms. The molecule has 1 unspecified atom stereocenters. The fourth-order valence-electron chi connectivity index (χ4n) is 2.81. The number of guanidine groups is 1. The second-order valence-corrected chi connectivity index (χ2v) is 7.69. The van der Waals surface area contributed by atoms with E-state index in [1.807, 2.05) is 12.1 Å². The van der Waals surface area contributed by atoms with Gasteiger partial charge in [0, 0.05) is 39.7 Å². The molecule has 1 saturated heterocycles. The second-order valence-electron chi connectivity index (χ2n) is 5.81. The van der Waals surface area contributed by atoms with E-state index < -0.39 is 10.0 Å². The van der Waals surface area contributed by atoms with Crippen molar-refractivity contribution in [3.63, 3.8) is 0 Å². The monoisotopic (exact) mass is 354 g/mol. The van der Waals surface area contributed by atoms with Crippen LogP contribution in [0.25, 0.3) is 0 Å². The van der Waals surface area contributed by atoms with Crippen molar-refractivity contribution in [1.29, 1.82) is 0 Å². The summed E-state index contributed by atoms with van der Waals surface area (Å²) in [5.41, 5.74) is 0.999. The summed E-state index contributed by atoms with van der Waals surface area (Å²) in [5, 5.41) is 3.33. The van der Waals surface area contributed by atoms with Gasteiger partial charge in [-0.25, -0.2) is 13.1 Å². The van der Waals surface area contributed by atoms with Crippen LogP contribution in [0.15, 0.2) is 34.2 Å². The first kappa shape index (κ1) is 18.7. The highest BCUT2D eigenvalue weighted by molar-refractivity contribution is 7.89. The molecule has 1 fully saturated rings. The van der Waals surface area contributed by atoms with Gasteiger partial charge in [-0.05, 0) is 31.2 Å². The van der Waals surface area contributed by atoms with Crippen LogP contribution in [-0.4, -0.2) is 60.2 Å². The zero-order chi connectivity index (χ0) is 17.6. The molecule has 0 radical (unpaired) electrons. The first-order valence-corrected chi connectivity index (χ1v) is 9.45. The van der Waals surface area contributed by atoms with Crippen molar-refractivity contribution in [2.45, 2.75) is 17.9 Å². The zero-order valence-electron chi connectivity index (χ0n) is 14.4. The van der Waals surface area contributed by atoms with Crippen molar-refractivity contribution in [1.82, 2.24) is 14.9 Å². The van der Waals surface area contributed by atoms with Gasteiger partial charge < -0.3 is 15.0 Å². The molecule has 0 amide bonds. The summed E-state index contributed by atoms with van der Waals surface area (Å²) in [6, 6.07) is 6.83. The lowest BCUT2D eigenvalue weighted by Crippen LogP contribution is -2.39. The van der Waals surface area contributed by atoms with Gasteiger partial charge in [0.1, 0.15) is 0 Å². The zero-order valence-corrected chi connectivity index (χ0v) is 15.3. The first-order chi connectivity index (χ1) is 11.5. The molecule has 1 heterocycles. The minimum absolute atomic E-state index is 0.264. The van der Waals surface area contributed by atoms with Crippen molar-refractivity contribution in [3.8, 4) is 0 Å². The maximum absolute atomic E-state index is 11.7. The highest BCUT2D eigenvalue weighted by atomic mass is 32.2. The summed E-state index contributed by atoms with van der Waals surface area (Å²) in [5.74, 6) is 1.40. The standard InChI is InChI=1S/C16H26N4O3S/c1-17-16(20-9-8-14(11-20)12-23-3)19-10-13-4-6-15(7-5-13)24(21,22)18-2/h4-7,14,18H,8-12H2,1-3H3,(H,17,19). The van der Waals surface area contributed by atoms with Gasteiger partial charge in [-0.3, -0.25) is 4.99 Å². The summed E-state index contributed by atoms with van der Waals surface area (Å²) in [6.45, 7) is 3.27. The Labute approximate surface area is 144 Å². The number of rotatable bonds is 6. The maximum Gasteiger partial charge on any atom is 0.240 e. The van der Waals surface area contributed by atoms with E-state index in [1.165, 1.54) is 7.05 Å². The van der Waals surface area contributed by atoms with E-state index in [9.17, 15) is 8.42 Å². The molecule has 0 spiro atoms. The molecular weight excluding hydrogens is 328 g/mol. The minimum atomic E-state index is -3.39. The lowest BCUT2D eigenvalue weighted by atomic mass is 10.1. The number of ether oxygens (including phenoxy) is 1. The van der Waals surface area contributed by atoms with Crippen LogP contribution in [-0.2, 0) is 21.3 Å². The molecule has 1 aromatic rings. The summed E-state index contributed by atoms with van der Waals surface area (Å²) in [4.78, 5) is 6.82.